The summed E-state index contributed by atoms with van der Waals surface area (Å²) in [5, 5.41) is 11.0. The van der Waals surface area contributed by atoms with Gasteiger partial charge in [0.15, 0.2) is 0 Å². The number of amides is 1. The van der Waals surface area contributed by atoms with E-state index in [9.17, 15) is 4.79 Å². The molecule has 158 valence electrons. The molecular formula is C23H21ClN4O2S. The number of nitrogens with one attached hydrogen (secondary N) is 1. The molecule has 0 spiro atoms. The van der Waals surface area contributed by atoms with Crippen LogP contribution in [-0.4, -0.2) is 27.8 Å². The fraction of sp³-hybridized carbons (Fsp3) is 0.174. The lowest BCUT2D eigenvalue weighted by Gasteiger charge is -2.07. The van der Waals surface area contributed by atoms with Crippen LogP contribution in [0.2, 0.25) is 5.02 Å². The minimum absolute atomic E-state index is 0.100. The largest absolute Gasteiger partial charge is 0.497 e. The quantitative estimate of drug-likeness (QED) is 0.422. The number of hydrogen-bond donors (Lipinski definition) is 1. The number of halogens is 1. The number of anilines is 1. The smallest absolute Gasteiger partial charge is 0.228 e. The van der Waals surface area contributed by atoms with E-state index in [0.29, 0.717) is 5.02 Å². The SMILES string of the molecule is COc1ccc(NC(=O)Cc2c(C)nn(-c3nc(-c4ccc(Cl)cc4)cs3)c2C)cc1. The Morgan fingerprint density at radius 2 is 1.84 bits per heavy atom. The third-order valence-corrected chi connectivity index (χ3v) is 6.03. The zero-order chi connectivity index (χ0) is 22.0. The van der Waals surface area contributed by atoms with Gasteiger partial charge < -0.3 is 10.1 Å². The maximum Gasteiger partial charge on any atom is 0.228 e. The Morgan fingerprint density at radius 3 is 2.52 bits per heavy atom. The number of methoxy groups -OCH3 is 1. The van der Waals surface area contributed by atoms with E-state index in [0.717, 1.165) is 44.8 Å². The molecule has 4 rings (SSSR count). The molecule has 1 amide bonds. The average molecular weight is 453 g/mol. The molecule has 8 heteroatoms. The van der Waals surface area contributed by atoms with E-state index in [1.54, 1.807) is 11.8 Å². The first kappa shape index (κ1) is 21.1. The van der Waals surface area contributed by atoms with Gasteiger partial charge >= 0.3 is 0 Å². The van der Waals surface area contributed by atoms with E-state index >= 15 is 0 Å². The normalized spacial score (nSPS) is 10.8. The molecule has 0 fully saturated rings. The number of aromatic nitrogens is 3. The fourth-order valence-electron chi connectivity index (χ4n) is 3.27. The molecule has 4 aromatic rings. The lowest BCUT2D eigenvalue weighted by Crippen LogP contribution is -2.15. The van der Waals surface area contributed by atoms with Gasteiger partial charge in [0.2, 0.25) is 11.0 Å². The summed E-state index contributed by atoms with van der Waals surface area (Å²) in [6.45, 7) is 3.87. The summed E-state index contributed by atoms with van der Waals surface area (Å²) >= 11 is 7.48. The molecule has 1 N–H and O–H groups in total. The third-order valence-electron chi connectivity index (χ3n) is 4.97. The van der Waals surface area contributed by atoms with Gasteiger partial charge in [-0.2, -0.15) is 5.10 Å². The summed E-state index contributed by atoms with van der Waals surface area (Å²) < 4.78 is 6.95. The molecular weight excluding hydrogens is 432 g/mol. The molecule has 0 radical (unpaired) electrons. The fourth-order valence-corrected chi connectivity index (χ4v) is 4.23. The second kappa shape index (κ2) is 8.91. The molecule has 31 heavy (non-hydrogen) atoms. The lowest BCUT2D eigenvalue weighted by molar-refractivity contribution is -0.115. The molecule has 0 saturated carbocycles. The molecule has 0 atom stereocenters. The van der Waals surface area contributed by atoms with Crippen LogP contribution in [0.1, 0.15) is 17.0 Å². The summed E-state index contributed by atoms with van der Waals surface area (Å²) in [4.78, 5) is 17.3. The summed E-state index contributed by atoms with van der Waals surface area (Å²) in [5.74, 6) is 0.643. The van der Waals surface area contributed by atoms with Crippen molar-refractivity contribution in [3.8, 4) is 22.1 Å². The van der Waals surface area contributed by atoms with Crippen molar-refractivity contribution in [1.82, 2.24) is 14.8 Å². The second-order valence-electron chi connectivity index (χ2n) is 7.04. The summed E-state index contributed by atoms with van der Waals surface area (Å²) in [6, 6.07) is 14.8. The summed E-state index contributed by atoms with van der Waals surface area (Å²) in [6.07, 6.45) is 0.235. The van der Waals surface area contributed by atoms with Crippen molar-refractivity contribution in [3.05, 3.63) is 75.9 Å². The second-order valence-corrected chi connectivity index (χ2v) is 8.31. The Bertz CT molecular complexity index is 1210. The van der Waals surface area contributed by atoms with Gasteiger partial charge in [-0.05, 0) is 50.2 Å². The van der Waals surface area contributed by atoms with Crippen molar-refractivity contribution in [2.45, 2.75) is 20.3 Å². The van der Waals surface area contributed by atoms with E-state index in [1.165, 1.54) is 11.3 Å². The highest BCUT2D eigenvalue weighted by molar-refractivity contribution is 7.12. The van der Waals surface area contributed by atoms with Gasteiger partial charge in [0, 0.05) is 32.9 Å². The minimum atomic E-state index is -0.100. The molecule has 0 aliphatic carbocycles. The minimum Gasteiger partial charge on any atom is -0.497 e. The lowest BCUT2D eigenvalue weighted by atomic mass is 10.1. The van der Waals surface area contributed by atoms with Crippen LogP contribution >= 0.6 is 22.9 Å². The molecule has 6 nitrogen and oxygen atoms in total. The van der Waals surface area contributed by atoms with Crippen LogP contribution in [0.5, 0.6) is 5.75 Å². The van der Waals surface area contributed by atoms with Crippen molar-refractivity contribution in [2.24, 2.45) is 0 Å². The molecule has 0 saturated heterocycles. The van der Waals surface area contributed by atoms with Gasteiger partial charge in [-0.15, -0.1) is 11.3 Å². The third kappa shape index (κ3) is 4.62. The van der Waals surface area contributed by atoms with Crippen LogP contribution < -0.4 is 10.1 Å². The van der Waals surface area contributed by atoms with Crippen LogP contribution in [0.15, 0.2) is 53.9 Å². The molecule has 0 bridgehead atoms. The Hall–Kier alpha value is -3.16. The first-order chi connectivity index (χ1) is 14.9. The van der Waals surface area contributed by atoms with Gasteiger partial charge in [0.05, 0.1) is 24.9 Å². The van der Waals surface area contributed by atoms with Crippen molar-refractivity contribution in [3.63, 3.8) is 0 Å². The van der Waals surface area contributed by atoms with Gasteiger partial charge in [-0.25, -0.2) is 9.67 Å². The topological polar surface area (TPSA) is 69.0 Å². The van der Waals surface area contributed by atoms with Crippen molar-refractivity contribution < 1.29 is 9.53 Å². The molecule has 2 heterocycles. The molecule has 0 aliphatic rings. The van der Waals surface area contributed by atoms with Crippen molar-refractivity contribution in [2.75, 3.05) is 12.4 Å². The van der Waals surface area contributed by atoms with E-state index in [4.69, 9.17) is 21.3 Å². The first-order valence-corrected chi connectivity index (χ1v) is 10.9. The number of carbonyl (C=O) groups is 1. The molecule has 0 unspecified atom stereocenters. The number of nitrogens with zero attached hydrogens (tertiary/aromatic N) is 3. The maximum atomic E-state index is 12.6. The van der Waals surface area contributed by atoms with Gasteiger partial charge in [0.1, 0.15) is 5.75 Å². The Balaban J connectivity index is 1.52. The molecule has 2 aromatic heterocycles. The average Bonchev–Trinajstić information content (AvgIpc) is 3.35. The van der Waals surface area contributed by atoms with Crippen LogP contribution in [-0.2, 0) is 11.2 Å². The Labute approximate surface area is 189 Å². The van der Waals surface area contributed by atoms with Crippen LogP contribution in [0, 0.1) is 13.8 Å². The van der Waals surface area contributed by atoms with Crippen LogP contribution in [0.4, 0.5) is 5.69 Å². The number of aryl methyl sites for hydroxylation is 1. The van der Waals surface area contributed by atoms with E-state index in [1.807, 2.05) is 67.8 Å². The number of hydrogen-bond acceptors (Lipinski definition) is 5. The Kier molecular flexibility index (Phi) is 6.06. The number of carbonyl (C=O) groups excluding carboxylic acids is 1. The number of rotatable bonds is 6. The van der Waals surface area contributed by atoms with Gasteiger partial charge in [0.25, 0.3) is 0 Å². The van der Waals surface area contributed by atoms with Crippen LogP contribution in [0.3, 0.4) is 0 Å². The monoisotopic (exact) mass is 452 g/mol. The molecule has 2 aromatic carbocycles. The predicted molar refractivity (Wildman–Crippen MR) is 124 cm³/mol. The van der Waals surface area contributed by atoms with Crippen LogP contribution in [0.25, 0.3) is 16.4 Å². The first-order valence-electron chi connectivity index (χ1n) is 9.65. The number of ether oxygens (including phenoxy) is 1. The highest BCUT2D eigenvalue weighted by atomic mass is 35.5. The highest BCUT2D eigenvalue weighted by Gasteiger charge is 2.18. The number of benzene rings is 2. The maximum absolute atomic E-state index is 12.6. The zero-order valence-corrected chi connectivity index (χ0v) is 18.9. The summed E-state index contributed by atoms with van der Waals surface area (Å²) in [7, 11) is 1.61. The predicted octanol–water partition coefficient (Wildman–Crippen LogP) is 5.46. The molecule has 0 aliphatic heterocycles. The standard InChI is InChI=1S/C23H21ClN4O2S/c1-14-20(12-22(29)25-18-8-10-19(30-3)11-9-18)15(2)28(27-14)23-26-21(13-31-23)16-4-6-17(24)7-5-16/h4-11,13H,12H2,1-3H3,(H,25,29). The van der Waals surface area contributed by atoms with Gasteiger partial charge in [-0.3, -0.25) is 4.79 Å². The number of thiazole rings is 1. The summed E-state index contributed by atoms with van der Waals surface area (Å²) in [5.41, 5.74) is 5.19. The van der Waals surface area contributed by atoms with Crippen molar-refractivity contribution >= 4 is 34.5 Å². The van der Waals surface area contributed by atoms with E-state index < -0.39 is 0 Å². The van der Waals surface area contributed by atoms with E-state index in [2.05, 4.69) is 10.4 Å². The Morgan fingerprint density at radius 1 is 1.13 bits per heavy atom. The van der Waals surface area contributed by atoms with Gasteiger partial charge in [-0.1, -0.05) is 23.7 Å². The van der Waals surface area contributed by atoms with Crippen molar-refractivity contribution in [1.29, 1.82) is 0 Å². The zero-order valence-electron chi connectivity index (χ0n) is 17.3. The van der Waals surface area contributed by atoms with E-state index in [-0.39, 0.29) is 12.3 Å². The highest BCUT2D eigenvalue weighted by Crippen LogP contribution is 2.27.